The monoisotopic (exact) mass is 310 g/mol. The zero-order valence-corrected chi connectivity index (χ0v) is 12.7. The first-order valence-electron chi connectivity index (χ1n) is 7.35. The lowest BCUT2D eigenvalue weighted by Crippen LogP contribution is -2.50. The molecule has 0 radical (unpaired) electrons. The Morgan fingerprint density at radius 2 is 2.24 bits per heavy atom. The number of rotatable bonds is 3. The van der Waals surface area contributed by atoms with Crippen LogP contribution in [0.25, 0.3) is 0 Å². The van der Waals surface area contributed by atoms with Crippen LogP contribution in [0.2, 0.25) is 0 Å². The van der Waals surface area contributed by atoms with E-state index in [9.17, 15) is 4.39 Å². The molecule has 2 aliphatic heterocycles. The second-order valence-electron chi connectivity index (χ2n) is 5.65. The predicted molar refractivity (Wildman–Crippen MR) is 85.2 cm³/mol. The van der Waals surface area contributed by atoms with Gasteiger partial charge < -0.3 is 10.6 Å². The molecular weight excluding hydrogens is 291 g/mol. The van der Waals surface area contributed by atoms with Crippen molar-refractivity contribution in [2.75, 3.05) is 37.0 Å². The van der Waals surface area contributed by atoms with Crippen LogP contribution < -0.4 is 10.6 Å². The molecule has 0 aromatic heterocycles. The smallest absolute Gasteiger partial charge is 0.148 e. The van der Waals surface area contributed by atoms with E-state index in [-0.39, 0.29) is 11.7 Å². The van der Waals surface area contributed by atoms with Gasteiger partial charge in [-0.2, -0.15) is 0 Å². The van der Waals surface area contributed by atoms with E-state index in [0.29, 0.717) is 23.3 Å². The minimum atomic E-state index is -0.245. The van der Waals surface area contributed by atoms with Gasteiger partial charge in [0.15, 0.2) is 0 Å². The number of nitrogens with zero attached hydrogens (tertiary/aromatic N) is 3. The number of alkyl halides is 1. The maximum atomic E-state index is 14.3. The summed E-state index contributed by atoms with van der Waals surface area (Å²) in [4.78, 5) is 8.72. The van der Waals surface area contributed by atoms with Gasteiger partial charge in [0.1, 0.15) is 11.7 Å². The van der Waals surface area contributed by atoms with Gasteiger partial charge in [-0.1, -0.05) is 0 Å². The molecule has 21 heavy (non-hydrogen) atoms. The number of halogens is 2. The van der Waals surface area contributed by atoms with Crippen LogP contribution in [0, 0.1) is 5.82 Å². The summed E-state index contributed by atoms with van der Waals surface area (Å²) in [7, 11) is 0. The first kappa shape index (κ1) is 14.6. The Bertz CT molecular complexity index is 548. The molecule has 1 unspecified atom stereocenters. The third kappa shape index (κ3) is 3.14. The van der Waals surface area contributed by atoms with E-state index in [0.717, 1.165) is 19.6 Å². The predicted octanol–water partition coefficient (Wildman–Crippen LogP) is 2.34. The van der Waals surface area contributed by atoms with Crippen molar-refractivity contribution in [1.82, 2.24) is 4.90 Å². The van der Waals surface area contributed by atoms with E-state index in [1.165, 1.54) is 25.5 Å². The van der Waals surface area contributed by atoms with E-state index in [4.69, 9.17) is 17.3 Å². The second kappa shape index (κ2) is 6.20. The first-order valence-corrected chi connectivity index (χ1v) is 7.88. The molecule has 1 atom stereocenters. The van der Waals surface area contributed by atoms with Crippen molar-refractivity contribution in [3.8, 4) is 0 Å². The van der Waals surface area contributed by atoms with E-state index >= 15 is 0 Å². The molecule has 2 aliphatic rings. The summed E-state index contributed by atoms with van der Waals surface area (Å²) in [5.74, 6) is 0.195. The Labute approximate surface area is 129 Å². The largest absolute Gasteiger partial charge is 0.386 e. The fourth-order valence-electron chi connectivity index (χ4n) is 3.23. The lowest BCUT2D eigenvalue weighted by atomic mass is 10.1. The van der Waals surface area contributed by atoms with Crippen molar-refractivity contribution >= 4 is 28.8 Å². The molecule has 2 fully saturated rings. The molecule has 2 heterocycles. The van der Waals surface area contributed by atoms with Gasteiger partial charge in [-0.05, 0) is 31.5 Å². The van der Waals surface area contributed by atoms with E-state index in [1.54, 1.807) is 12.1 Å². The van der Waals surface area contributed by atoms with Crippen LogP contribution >= 0.6 is 11.6 Å². The minimum Gasteiger partial charge on any atom is -0.386 e. The highest BCUT2D eigenvalue weighted by Crippen LogP contribution is 2.29. The summed E-state index contributed by atoms with van der Waals surface area (Å²) in [5.41, 5.74) is 6.74. The van der Waals surface area contributed by atoms with Crippen molar-refractivity contribution < 1.29 is 4.39 Å². The maximum absolute atomic E-state index is 14.3. The van der Waals surface area contributed by atoms with Crippen molar-refractivity contribution in [2.24, 2.45) is 10.7 Å². The number of fused-ring (bicyclic) bond motifs is 1. The van der Waals surface area contributed by atoms with Gasteiger partial charge in [0.05, 0.1) is 17.3 Å². The van der Waals surface area contributed by atoms with Gasteiger partial charge in [0.2, 0.25) is 0 Å². The maximum Gasteiger partial charge on any atom is 0.148 e. The van der Waals surface area contributed by atoms with Crippen LogP contribution in [0.1, 0.15) is 12.8 Å². The number of anilines is 1. The average Bonchev–Trinajstić information content (AvgIpc) is 2.94. The van der Waals surface area contributed by atoms with Crippen molar-refractivity contribution in [1.29, 1.82) is 0 Å². The summed E-state index contributed by atoms with van der Waals surface area (Å²) >= 11 is 5.58. The lowest BCUT2D eigenvalue weighted by molar-refractivity contribution is 0.230. The molecule has 4 nitrogen and oxygen atoms in total. The Morgan fingerprint density at radius 3 is 3.00 bits per heavy atom. The molecule has 3 rings (SSSR count). The molecule has 0 saturated carbocycles. The van der Waals surface area contributed by atoms with Crippen molar-refractivity contribution in [3.05, 3.63) is 24.0 Å². The number of amidine groups is 1. The Morgan fingerprint density at radius 1 is 1.38 bits per heavy atom. The Balaban J connectivity index is 1.76. The number of piperazine rings is 1. The lowest BCUT2D eigenvalue weighted by Gasteiger charge is -2.38. The third-order valence-corrected chi connectivity index (χ3v) is 4.54. The first-order chi connectivity index (χ1) is 10.2. The summed E-state index contributed by atoms with van der Waals surface area (Å²) in [6.07, 6.45) is 2.47. The third-order valence-electron chi connectivity index (χ3n) is 4.27. The topological polar surface area (TPSA) is 44.9 Å². The summed E-state index contributed by atoms with van der Waals surface area (Å²) < 4.78 is 14.3. The molecule has 0 spiro atoms. The highest BCUT2D eigenvalue weighted by molar-refractivity contribution is 6.28. The fraction of sp³-hybridized carbons (Fsp3) is 0.533. The van der Waals surface area contributed by atoms with E-state index in [2.05, 4.69) is 14.8 Å². The number of nitrogens with two attached hydrogens (primary N) is 1. The highest BCUT2D eigenvalue weighted by Gasteiger charge is 2.31. The van der Waals surface area contributed by atoms with Gasteiger partial charge in [0.25, 0.3) is 0 Å². The van der Waals surface area contributed by atoms with Crippen LogP contribution in [0.3, 0.4) is 0 Å². The molecular formula is C15H20ClFN4. The van der Waals surface area contributed by atoms with Crippen LogP contribution in [0.5, 0.6) is 0 Å². The number of hydrogen-bond acceptors (Lipinski definition) is 3. The van der Waals surface area contributed by atoms with Crippen LogP contribution in [0.4, 0.5) is 15.8 Å². The van der Waals surface area contributed by atoms with Gasteiger partial charge in [-0.25, -0.2) is 9.38 Å². The SMILES string of the molecule is NC(CCl)=Nc1ccc(N2CCN3CCCC3C2)c(F)c1. The zero-order valence-electron chi connectivity index (χ0n) is 11.9. The molecule has 0 aliphatic carbocycles. The normalized spacial score (nSPS) is 23.4. The Hall–Kier alpha value is -1.33. The van der Waals surface area contributed by atoms with Gasteiger partial charge >= 0.3 is 0 Å². The standard InChI is InChI=1S/C15H20ClFN4/c16-9-15(18)19-11-3-4-14(13(17)8-11)21-7-6-20-5-1-2-12(20)10-21/h3-4,8,12H,1-2,5-7,9-10H2,(H2,18,19). The number of hydrogen-bond donors (Lipinski definition) is 1. The van der Waals surface area contributed by atoms with Crippen molar-refractivity contribution in [2.45, 2.75) is 18.9 Å². The molecule has 2 saturated heterocycles. The second-order valence-corrected chi connectivity index (χ2v) is 5.92. The molecule has 0 bridgehead atoms. The number of aliphatic imine (C=N–C) groups is 1. The average molecular weight is 311 g/mol. The van der Waals surface area contributed by atoms with Crippen LogP contribution in [-0.4, -0.2) is 48.8 Å². The molecule has 6 heteroatoms. The summed E-state index contributed by atoms with van der Waals surface area (Å²) in [6.45, 7) is 3.98. The highest BCUT2D eigenvalue weighted by atomic mass is 35.5. The molecule has 2 N–H and O–H groups in total. The van der Waals surface area contributed by atoms with Crippen molar-refractivity contribution in [3.63, 3.8) is 0 Å². The quantitative estimate of drug-likeness (QED) is 0.529. The van der Waals surface area contributed by atoms with Crippen LogP contribution in [0.15, 0.2) is 23.2 Å². The fourth-order valence-corrected chi connectivity index (χ4v) is 3.29. The van der Waals surface area contributed by atoms with E-state index in [1.807, 2.05) is 0 Å². The Kier molecular flexibility index (Phi) is 4.31. The number of benzene rings is 1. The molecule has 1 aromatic rings. The minimum absolute atomic E-state index is 0.146. The molecule has 0 amide bonds. The molecule has 114 valence electrons. The van der Waals surface area contributed by atoms with Gasteiger partial charge in [0, 0.05) is 31.7 Å². The van der Waals surface area contributed by atoms with Crippen LogP contribution in [-0.2, 0) is 0 Å². The van der Waals surface area contributed by atoms with Gasteiger partial charge in [-0.3, -0.25) is 4.90 Å². The summed E-state index contributed by atoms with van der Waals surface area (Å²) in [5, 5.41) is 0. The zero-order chi connectivity index (χ0) is 14.8. The van der Waals surface area contributed by atoms with E-state index < -0.39 is 0 Å². The van der Waals surface area contributed by atoms with Gasteiger partial charge in [-0.15, -0.1) is 11.6 Å². The summed E-state index contributed by atoms with van der Waals surface area (Å²) in [6, 6.07) is 5.58. The molecule has 1 aromatic carbocycles.